The molecule has 134 valence electrons. The van der Waals surface area contributed by atoms with Crippen molar-refractivity contribution in [3.63, 3.8) is 0 Å². The van der Waals surface area contributed by atoms with Crippen LogP contribution in [0.25, 0.3) is 10.9 Å². The highest BCUT2D eigenvalue weighted by Crippen LogP contribution is 2.40. The number of pyridine rings is 1. The first-order valence-corrected chi connectivity index (χ1v) is 9.34. The smallest absolute Gasteiger partial charge is 0.370 e. The average molecular weight is 368 g/mol. The highest BCUT2D eigenvalue weighted by Gasteiger charge is 2.43. The second-order valence-corrected chi connectivity index (χ2v) is 7.11. The van der Waals surface area contributed by atoms with Crippen molar-refractivity contribution in [2.75, 3.05) is 23.7 Å². The second-order valence-electron chi connectivity index (χ2n) is 6.03. The van der Waals surface area contributed by atoms with Crippen molar-refractivity contribution in [3.8, 4) is 0 Å². The molecule has 0 amide bonds. The van der Waals surface area contributed by atoms with E-state index in [-0.39, 0.29) is 10.6 Å². The van der Waals surface area contributed by atoms with Gasteiger partial charge in [0, 0.05) is 18.5 Å². The van der Waals surface area contributed by atoms with Crippen LogP contribution in [-0.4, -0.2) is 35.8 Å². The first-order valence-electron chi connectivity index (χ1n) is 8.35. The monoisotopic (exact) mass is 368 g/mol. The largest absolute Gasteiger partial charge is 0.455 e. The molecule has 1 aromatic carbocycles. The summed E-state index contributed by atoms with van der Waals surface area (Å²) < 4.78 is 39.9. The topological polar surface area (TPSA) is 33.2 Å². The maximum absolute atomic E-state index is 13.3. The van der Waals surface area contributed by atoms with Gasteiger partial charge in [-0.05, 0) is 31.1 Å². The molecule has 0 unspecified atom stereocenters. The first kappa shape index (κ1) is 18.0. The van der Waals surface area contributed by atoms with Crippen molar-refractivity contribution in [1.82, 2.24) is 4.98 Å². The number of ketones is 1. The van der Waals surface area contributed by atoms with Crippen LogP contribution in [0.5, 0.6) is 0 Å². The molecule has 1 aliphatic heterocycles. The van der Waals surface area contributed by atoms with E-state index in [4.69, 9.17) is 0 Å². The Morgan fingerprint density at radius 1 is 1.24 bits per heavy atom. The summed E-state index contributed by atoms with van der Waals surface area (Å²) in [6.45, 7) is 3.26. The van der Waals surface area contributed by atoms with Crippen molar-refractivity contribution in [2.24, 2.45) is 0 Å². The molecule has 1 aromatic heterocycles. The number of halogens is 3. The van der Waals surface area contributed by atoms with Crippen molar-refractivity contribution in [1.29, 1.82) is 0 Å². The van der Waals surface area contributed by atoms with Gasteiger partial charge in [0.25, 0.3) is 5.78 Å². The molecule has 0 atom stereocenters. The van der Waals surface area contributed by atoms with Crippen LogP contribution in [0.4, 0.5) is 18.9 Å². The highest BCUT2D eigenvalue weighted by atomic mass is 32.2. The quantitative estimate of drug-likeness (QED) is 0.544. The molecule has 3 nitrogen and oxygen atoms in total. The van der Waals surface area contributed by atoms with Crippen molar-refractivity contribution < 1.29 is 18.0 Å². The Kier molecular flexibility index (Phi) is 5.22. The molecule has 0 aliphatic carbocycles. The van der Waals surface area contributed by atoms with E-state index in [2.05, 4.69) is 4.98 Å². The zero-order valence-electron chi connectivity index (χ0n) is 13.9. The van der Waals surface area contributed by atoms with Gasteiger partial charge in [-0.3, -0.25) is 4.79 Å². The van der Waals surface area contributed by atoms with Gasteiger partial charge in [0.2, 0.25) is 0 Å². The number of carbonyl (C=O) groups excluding carboxylic acids is 1. The molecule has 0 saturated carbocycles. The van der Waals surface area contributed by atoms with Gasteiger partial charge in [-0.1, -0.05) is 25.1 Å². The number of anilines is 1. The van der Waals surface area contributed by atoms with Crippen molar-refractivity contribution >= 4 is 34.1 Å². The number of rotatable bonds is 5. The fourth-order valence-electron chi connectivity index (χ4n) is 3.09. The van der Waals surface area contributed by atoms with E-state index in [0.29, 0.717) is 35.4 Å². The number of hydrogen-bond acceptors (Lipinski definition) is 4. The number of carbonyl (C=O) groups is 1. The lowest BCUT2D eigenvalue weighted by atomic mass is 10.0. The Labute approximate surface area is 148 Å². The molecule has 1 saturated heterocycles. The highest BCUT2D eigenvalue weighted by molar-refractivity contribution is 7.99. The number of nitrogens with zero attached hydrogens (tertiary/aromatic N) is 2. The minimum Gasteiger partial charge on any atom is -0.370 e. The summed E-state index contributed by atoms with van der Waals surface area (Å²) in [4.78, 5) is 18.6. The third kappa shape index (κ3) is 3.61. The van der Waals surface area contributed by atoms with Gasteiger partial charge < -0.3 is 4.90 Å². The van der Waals surface area contributed by atoms with Crippen LogP contribution in [0, 0.1) is 0 Å². The lowest BCUT2D eigenvalue weighted by Gasteiger charge is -2.25. The molecule has 3 rings (SSSR count). The zero-order chi connectivity index (χ0) is 18.0. The van der Waals surface area contributed by atoms with Gasteiger partial charge in [0.1, 0.15) is 5.03 Å². The van der Waals surface area contributed by atoms with E-state index in [9.17, 15) is 18.0 Å². The zero-order valence-corrected chi connectivity index (χ0v) is 14.7. The molecular formula is C18H19F3N2OS. The second kappa shape index (κ2) is 7.23. The maximum atomic E-state index is 13.3. The number of benzene rings is 1. The fourth-order valence-corrected chi connectivity index (χ4v) is 3.99. The van der Waals surface area contributed by atoms with E-state index < -0.39 is 12.0 Å². The van der Waals surface area contributed by atoms with Crippen LogP contribution < -0.4 is 4.90 Å². The first-order chi connectivity index (χ1) is 11.9. The number of hydrogen-bond donors (Lipinski definition) is 0. The van der Waals surface area contributed by atoms with Crippen LogP contribution in [0.2, 0.25) is 0 Å². The average Bonchev–Trinajstić information content (AvgIpc) is 3.11. The standard InChI is InChI=1S/C18H19F3N2OS/c1-2-11-25-17-14(16(24)18(19,20)21)15(23-9-5-6-10-23)12-7-3-4-8-13(12)22-17/h3-4,7-8H,2,5-6,9-11H2,1H3. The molecular weight excluding hydrogens is 349 g/mol. The summed E-state index contributed by atoms with van der Waals surface area (Å²) in [5, 5.41) is 0.794. The third-order valence-corrected chi connectivity index (χ3v) is 5.36. The van der Waals surface area contributed by atoms with Crippen LogP contribution in [0.1, 0.15) is 36.5 Å². The summed E-state index contributed by atoms with van der Waals surface area (Å²) in [5.74, 6) is -1.19. The van der Waals surface area contributed by atoms with Gasteiger partial charge in [0.05, 0.1) is 16.8 Å². The number of fused-ring (bicyclic) bond motifs is 1. The lowest BCUT2D eigenvalue weighted by molar-refractivity contribution is -0.0887. The number of Topliss-reactive ketones (excluding diaryl/α,β-unsaturated/α-hetero) is 1. The molecule has 0 spiro atoms. The van der Waals surface area contributed by atoms with E-state index in [1.807, 2.05) is 17.9 Å². The van der Waals surface area contributed by atoms with Crippen LogP contribution in [-0.2, 0) is 0 Å². The lowest BCUT2D eigenvalue weighted by Crippen LogP contribution is -2.28. The summed E-state index contributed by atoms with van der Waals surface area (Å²) in [6.07, 6.45) is -2.31. The van der Waals surface area contributed by atoms with Gasteiger partial charge in [-0.2, -0.15) is 13.2 Å². The molecule has 0 N–H and O–H groups in total. The molecule has 1 aliphatic rings. The third-order valence-electron chi connectivity index (χ3n) is 4.18. The predicted octanol–water partition coefficient (Wildman–Crippen LogP) is 5.08. The van der Waals surface area contributed by atoms with E-state index in [1.54, 1.807) is 18.2 Å². The summed E-state index contributed by atoms with van der Waals surface area (Å²) in [6, 6.07) is 7.11. The van der Waals surface area contributed by atoms with Crippen molar-refractivity contribution in [2.45, 2.75) is 37.4 Å². The SMILES string of the molecule is CCCSc1nc2ccccc2c(N2CCCC2)c1C(=O)C(F)(F)F. The van der Waals surface area contributed by atoms with Gasteiger partial charge >= 0.3 is 6.18 Å². The molecule has 2 heterocycles. The van der Waals surface area contributed by atoms with E-state index in [1.165, 1.54) is 11.8 Å². The number of alkyl halides is 3. The maximum Gasteiger partial charge on any atom is 0.455 e. The van der Waals surface area contributed by atoms with E-state index >= 15 is 0 Å². The molecule has 0 radical (unpaired) electrons. The molecule has 1 fully saturated rings. The van der Waals surface area contributed by atoms with Gasteiger partial charge in [0.15, 0.2) is 0 Å². The fraction of sp³-hybridized carbons (Fsp3) is 0.444. The Balaban J connectivity index is 2.29. The number of aromatic nitrogens is 1. The summed E-state index contributed by atoms with van der Waals surface area (Å²) in [5.41, 5.74) is 0.734. The predicted molar refractivity (Wildman–Crippen MR) is 94.6 cm³/mol. The van der Waals surface area contributed by atoms with Crippen LogP contribution >= 0.6 is 11.8 Å². The summed E-state index contributed by atoms with van der Waals surface area (Å²) >= 11 is 1.22. The van der Waals surface area contributed by atoms with E-state index in [0.717, 1.165) is 19.3 Å². The Hall–Kier alpha value is -1.76. The van der Waals surface area contributed by atoms with Gasteiger partial charge in [-0.25, -0.2) is 4.98 Å². The van der Waals surface area contributed by atoms with Gasteiger partial charge in [-0.15, -0.1) is 11.8 Å². The Morgan fingerprint density at radius 3 is 2.56 bits per heavy atom. The number of thioether (sulfide) groups is 1. The van der Waals surface area contributed by atoms with Crippen molar-refractivity contribution in [3.05, 3.63) is 29.8 Å². The molecule has 0 bridgehead atoms. The Bertz CT molecular complexity index is 786. The van der Waals surface area contributed by atoms with Crippen LogP contribution in [0.15, 0.2) is 29.3 Å². The molecule has 2 aromatic rings. The Morgan fingerprint density at radius 2 is 1.92 bits per heavy atom. The van der Waals surface area contributed by atoms with Crippen LogP contribution in [0.3, 0.4) is 0 Å². The normalized spacial score (nSPS) is 15.1. The minimum absolute atomic E-state index is 0.185. The summed E-state index contributed by atoms with van der Waals surface area (Å²) in [7, 11) is 0. The minimum atomic E-state index is -4.92. The molecule has 7 heteroatoms. The number of para-hydroxylation sites is 1. The molecule has 25 heavy (non-hydrogen) atoms.